The minimum absolute atomic E-state index is 0.276. The number of rotatable bonds is 4. The van der Waals surface area contributed by atoms with Crippen LogP contribution in [0.1, 0.15) is 13.8 Å². The number of benzene rings is 2. The van der Waals surface area contributed by atoms with Crippen molar-refractivity contribution in [3.8, 4) is 0 Å². The number of nitrogens with zero attached hydrogens (tertiary/aromatic N) is 1. The van der Waals surface area contributed by atoms with Crippen molar-refractivity contribution >= 4 is 51.1 Å². The quantitative estimate of drug-likeness (QED) is 0.688. The molecule has 0 aromatic heterocycles. The molecule has 2 aromatic rings. The predicted molar refractivity (Wildman–Crippen MR) is 112 cm³/mol. The van der Waals surface area contributed by atoms with Crippen LogP contribution in [0.15, 0.2) is 52.7 Å². The highest BCUT2D eigenvalue weighted by atomic mass is 32.2. The molecule has 28 heavy (non-hydrogen) atoms. The Morgan fingerprint density at radius 1 is 1.21 bits per heavy atom. The van der Waals surface area contributed by atoms with Crippen LogP contribution in [0.2, 0.25) is 0 Å². The molecule has 0 spiro atoms. The highest BCUT2D eigenvalue weighted by Gasteiger charge is 2.30. The summed E-state index contributed by atoms with van der Waals surface area (Å²) in [6.07, 6.45) is 0. The Morgan fingerprint density at radius 3 is 2.79 bits per heavy atom. The summed E-state index contributed by atoms with van der Waals surface area (Å²) in [5, 5.41) is 11.7. The van der Waals surface area contributed by atoms with E-state index in [2.05, 4.69) is 28.1 Å². The Kier molecular flexibility index (Phi) is 4.95. The smallest absolute Gasteiger partial charge is 0.337 e. The predicted octanol–water partition coefficient (Wildman–Crippen LogP) is 3.50. The number of hydrogen-bond acceptors (Lipinski definition) is 6. The van der Waals surface area contributed by atoms with Gasteiger partial charge < -0.3 is 20.7 Å². The van der Waals surface area contributed by atoms with E-state index in [1.54, 1.807) is 13.8 Å². The van der Waals surface area contributed by atoms with Gasteiger partial charge in [0.2, 0.25) is 0 Å². The molecule has 144 valence electrons. The average molecular weight is 396 g/mol. The zero-order chi connectivity index (χ0) is 19.7. The Morgan fingerprint density at radius 2 is 2.00 bits per heavy atom. The van der Waals surface area contributed by atoms with E-state index in [0.29, 0.717) is 22.2 Å². The van der Waals surface area contributed by atoms with E-state index in [0.717, 1.165) is 22.1 Å². The second-order valence-corrected chi connectivity index (χ2v) is 7.41. The van der Waals surface area contributed by atoms with Crippen molar-refractivity contribution in [2.24, 2.45) is 4.99 Å². The van der Waals surface area contributed by atoms with Crippen molar-refractivity contribution in [2.45, 2.75) is 19.9 Å². The maximum absolute atomic E-state index is 12.3. The molecular formula is C20H20N4O3S. The van der Waals surface area contributed by atoms with Gasteiger partial charge in [-0.3, -0.25) is 0 Å². The molecule has 0 bridgehead atoms. The average Bonchev–Trinajstić information content (AvgIpc) is 2.66. The molecule has 0 aliphatic carbocycles. The van der Waals surface area contributed by atoms with E-state index in [1.165, 1.54) is 11.8 Å². The van der Waals surface area contributed by atoms with Crippen molar-refractivity contribution < 1.29 is 14.3 Å². The number of hydrogen-bond donors (Lipinski definition) is 3. The van der Waals surface area contributed by atoms with Crippen LogP contribution in [0.25, 0.3) is 10.8 Å². The lowest BCUT2D eigenvalue weighted by Gasteiger charge is -2.27. The fourth-order valence-electron chi connectivity index (χ4n) is 3.37. The maximum atomic E-state index is 12.3. The number of urea groups is 1. The topological polar surface area (TPSA) is 91.8 Å². The second-order valence-electron chi connectivity index (χ2n) is 6.44. The van der Waals surface area contributed by atoms with E-state index in [9.17, 15) is 9.59 Å². The minimum Gasteiger partial charge on any atom is -0.463 e. The molecule has 0 unspecified atom stereocenters. The van der Waals surface area contributed by atoms with Crippen molar-refractivity contribution in [3.63, 3.8) is 0 Å². The van der Waals surface area contributed by atoms with E-state index >= 15 is 0 Å². The van der Waals surface area contributed by atoms with Crippen molar-refractivity contribution in [1.82, 2.24) is 10.6 Å². The van der Waals surface area contributed by atoms with E-state index in [4.69, 9.17) is 9.73 Å². The molecule has 2 heterocycles. The Balaban J connectivity index is 1.60. The molecular weight excluding hydrogens is 376 g/mol. The zero-order valence-corrected chi connectivity index (χ0v) is 16.4. The lowest BCUT2D eigenvalue weighted by molar-refractivity contribution is -0.138. The zero-order valence-electron chi connectivity index (χ0n) is 15.5. The third-order valence-electron chi connectivity index (χ3n) is 4.57. The summed E-state index contributed by atoms with van der Waals surface area (Å²) in [6, 6.07) is 11.3. The number of amidine groups is 1. The van der Waals surface area contributed by atoms with Gasteiger partial charge in [0.05, 0.1) is 29.6 Å². The molecule has 1 atom stereocenters. The molecule has 0 radical (unpaired) electrons. The van der Waals surface area contributed by atoms with Crippen LogP contribution in [-0.2, 0) is 9.53 Å². The third kappa shape index (κ3) is 3.43. The Hall–Kier alpha value is -3.00. The molecule has 7 nitrogen and oxygen atoms in total. The summed E-state index contributed by atoms with van der Waals surface area (Å²) in [4.78, 5) is 28.9. The van der Waals surface area contributed by atoms with Crippen molar-refractivity contribution in [2.75, 3.05) is 17.7 Å². The van der Waals surface area contributed by atoms with Crippen molar-refractivity contribution in [3.05, 3.63) is 47.7 Å². The SMILES string of the molecule is CCOC(=O)C1=C(CSC2=Nc3cccc4cccc(c34)N2)NC(=O)N[C@H]1C. The first kappa shape index (κ1) is 18.4. The molecule has 2 aromatic carbocycles. The van der Waals surface area contributed by atoms with Crippen LogP contribution in [0.4, 0.5) is 16.2 Å². The van der Waals surface area contributed by atoms with Crippen LogP contribution in [0.5, 0.6) is 0 Å². The molecule has 8 heteroatoms. The van der Waals surface area contributed by atoms with Crippen LogP contribution >= 0.6 is 11.8 Å². The molecule has 4 rings (SSSR count). The van der Waals surface area contributed by atoms with Gasteiger partial charge >= 0.3 is 12.0 Å². The van der Waals surface area contributed by atoms with Crippen LogP contribution in [0, 0.1) is 0 Å². The maximum Gasteiger partial charge on any atom is 0.337 e. The summed E-state index contributed by atoms with van der Waals surface area (Å²) in [6.45, 7) is 3.80. The van der Waals surface area contributed by atoms with E-state index in [-0.39, 0.29) is 12.6 Å². The third-order valence-corrected chi connectivity index (χ3v) is 5.46. The summed E-state index contributed by atoms with van der Waals surface area (Å²) >= 11 is 1.43. The van der Waals surface area contributed by atoms with E-state index in [1.807, 2.05) is 24.3 Å². The van der Waals surface area contributed by atoms with E-state index < -0.39 is 12.0 Å². The van der Waals surface area contributed by atoms with Gasteiger partial charge in [0.1, 0.15) is 0 Å². The van der Waals surface area contributed by atoms with Gasteiger partial charge in [0, 0.05) is 16.8 Å². The Bertz CT molecular complexity index is 1030. The number of anilines is 1. The molecule has 3 N–H and O–H groups in total. The van der Waals surface area contributed by atoms with Gasteiger partial charge in [-0.1, -0.05) is 36.0 Å². The molecule has 2 aliphatic heterocycles. The largest absolute Gasteiger partial charge is 0.463 e. The van der Waals surface area contributed by atoms with Crippen LogP contribution in [-0.4, -0.2) is 35.6 Å². The number of aliphatic imine (C=N–C) groups is 1. The molecule has 0 saturated carbocycles. The van der Waals surface area contributed by atoms with Crippen LogP contribution < -0.4 is 16.0 Å². The number of ether oxygens (including phenoxy) is 1. The summed E-state index contributed by atoms with van der Waals surface area (Å²) < 4.78 is 5.15. The van der Waals surface area contributed by atoms with Gasteiger partial charge in [0.15, 0.2) is 5.17 Å². The number of esters is 1. The van der Waals surface area contributed by atoms with Crippen LogP contribution in [0.3, 0.4) is 0 Å². The highest BCUT2D eigenvalue weighted by Crippen LogP contribution is 2.37. The standard InChI is InChI=1S/C20H20N4O3S/c1-3-27-18(25)16-11(2)21-19(26)22-15(16)10-28-20-23-13-8-4-6-12-7-5-9-14(24-20)17(12)13/h4-9,11H,3,10H2,1-2H3,(H,23,24)(H2,21,22,26)/t11-/m0/s1. The van der Waals surface area contributed by atoms with Crippen molar-refractivity contribution in [1.29, 1.82) is 0 Å². The summed E-state index contributed by atoms with van der Waals surface area (Å²) in [7, 11) is 0. The lowest BCUT2D eigenvalue weighted by Crippen LogP contribution is -2.49. The van der Waals surface area contributed by atoms with Gasteiger partial charge in [-0.25, -0.2) is 14.6 Å². The first-order valence-corrected chi connectivity index (χ1v) is 10.0. The first-order chi connectivity index (χ1) is 13.6. The van der Waals surface area contributed by atoms with Gasteiger partial charge in [0.25, 0.3) is 0 Å². The fraction of sp³-hybridized carbons (Fsp3) is 0.250. The molecule has 0 saturated heterocycles. The number of carbonyl (C=O) groups is 2. The number of nitrogens with one attached hydrogen (secondary N) is 3. The van der Waals surface area contributed by atoms with Gasteiger partial charge in [-0.15, -0.1) is 0 Å². The van der Waals surface area contributed by atoms with Gasteiger partial charge in [-0.2, -0.15) is 0 Å². The molecule has 2 aliphatic rings. The number of carbonyl (C=O) groups excluding carboxylic acids is 2. The number of thioether (sulfide) groups is 1. The monoisotopic (exact) mass is 396 g/mol. The fourth-order valence-corrected chi connectivity index (χ4v) is 4.23. The Labute approximate surface area is 166 Å². The summed E-state index contributed by atoms with van der Waals surface area (Å²) in [5.41, 5.74) is 2.87. The lowest BCUT2D eigenvalue weighted by atomic mass is 10.1. The normalized spacial score (nSPS) is 18.1. The second kappa shape index (κ2) is 7.55. The first-order valence-electron chi connectivity index (χ1n) is 9.04. The highest BCUT2D eigenvalue weighted by molar-refractivity contribution is 8.14. The van der Waals surface area contributed by atoms with Gasteiger partial charge in [-0.05, 0) is 31.4 Å². The minimum atomic E-state index is -0.424. The molecule has 0 fully saturated rings. The number of amides is 2. The molecule has 2 amide bonds. The summed E-state index contributed by atoms with van der Waals surface area (Å²) in [5.74, 6) is -0.0395.